The molecular formula is C9H18N4O2S. The Morgan fingerprint density at radius 3 is 2.69 bits per heavy atom. The molecule has 1 unspecified atom stereocenters. The average molecular weight is 246 g/mol. The minimum absolute atomic E-state index is 0.0645. The molecule has 0 saturated heterocycles. The molecule has 0 amide bonds. The lowest BCUT2D eigenvalue weighted by molar-refractivity contribution is 0.464. The Bertz CT molecular complexity index is 399. The molecule has 0 aliphatic carbocycles. The molecule has 0 radical (unpaired) electrons. The van der Waals surface area contributed by atoms with Crippen LogP contribution in [0.5, 0.6) is 0 Å². The van der Waals surface area contributed by atoms with Gasteiger partial charge in [0.05, 0.1) is 12.5 Å². The number of aromatic amines is 1. The van der Waals surface area contributed by atoms with Gasteiger partial charge >= 0.3 is 0 Å². The van der Waals surface area contributed by atoms with E-state index in [2.05, 4.69) is 14.7 Å². The highest BCUT2D eigenvalue weighted by molar-refractivity contribution is 7.89. The summed E-state index contributed by atoms with van der Waals surface area (Å²) in [5.41, 5.74) is 5.53. The van der Waals surface area contributed by atoms with Crippen molar-refractivity contribution in [1.29, 1.82) is 0 Å². The van der Waals surface area contributed by atoms with E-state index in [9.17, 15) is 8.42 Å². The Balaban J connectivity index is 2.71. The molecule has 1 heterocycles. The molecule has 7 heteroatoms. The second-order valence-corrected chi connectivity index (χ2v) is 5.78. The van der Waals surface area contributed by atoms with Gasteiger partial charge in [-0.15, -0.1) is 0 Å². The van der Waals surface area contributed by atoms with Gasteiger partial charge in [-0.05, 0) is 12.3 Å². The fourth-order valence-electron chi connectivity index (χ4n) is 1.43. The molecule has 0 bridgehead atoms. The van der Waals surface area contributed by atoms with E-state index in [1.807, 2.05) is 13.8 Å². The van der Waals surface area contributed by atoms with Crippen molar-refractivity contribution in [3.63, 3.8) is 0 Å². The average Bonchev–Trinajstić information content (AvgIpc) is 2.68. The predicted molar refractivity (Wildman–Crippen MR) is 61.2 cm³/mol. The summed E-state index contributed by atoms with van der Waals surface area (Å²) in [6, 6.07) is -0.242. The van der Waals surface area contributed by atoms with Crippen molar-refractivity contribution in [2.45, 2.75) is 31.3 Å². The fourth-order valence-corrected chi connectivity index (χ4v) is 2.60. The first kappa shape index (κ1) is 13.1. The number of nitrogens with one attached hydrogen (secondary N) is 2. The molecule has 1 aromatic rings. The van der Waals surface area contributed by atoms with Gasteiger partial charge in [-0.3, -0.25) is 0 Å². The topological polar surface area (TPSA) is 101 Å². The van der Waals surface area contributed by atoms with E-state index in [0.29, 0.717) is 12.3 Å². The number of H-pyrrole nitrogens is 1. The highest BCUT2D eigenvalue weighted by Gasteiger charge is 2.20. The van der Waals surface area contributed by atoms with Crippen molar-refractivity contribution in [2.24, 2.45) is 11.7 Å². The van der Waals surface area contributed by atoms with E-state index in [0.717, 1.165) is 0 Å². The van der Waals surface area contributed by atoms with Crippen LogP contribution in [0.2, 0.25) is 0 Å². The van der Waals surface area contributed by atoms with Gasteiger partial charge in [0.25, 0.3) is 10.0 Å². The zero-order valence-corrected chi connectivity index (χ0v) is 10.3. The van der Waals surface area contributed by atoms with Crippen LogP contribution < -0.4 is 10.5 Å². The molecule has 0 spiro atoms. The van der Waals surface area contributed by atoms with Crippen LogP contribution in [0.3, 0.4) is 0 Å². The molecule has 4 N–H and O–H groups in total. The number of nitrogens with zero attached hydrogens (tertiary/aromatic N) is 1. The van der Waals surface area contributed by atoms with Crippen LogP contribution in [0.4, 0.5) is 0 Å². The van der Waals surface area contributed by atoms with Gasteiger partial charge in [-0.1, -0.05) is 13.8 Å². The van der Waals surface area contributed by atoms with Crippen LogP contribution in [0, 0.1) is 5.92 Å². The molecule has 0 aliphatic heterocycles. The smallest absolute Gasteiger partial charge is 0.257 e. The minimum Gasteiger partial charge on any atom is -0.335 e. The Hall–Kier alpha value is -0.920. The zero-order chi connectivity index (χ0) is 12.2. The van der Waals surface area contributed by atoms with E-state index in [4.69, 9.17) is 5.73 Å². The summed E-state index contributed by atoms with van der Waals surface area (Å²) in [4.78, 5) is 6.23. The van der Waals surface area contributed by atoms with E-state index in [1.54, 1.807) is 0 Å². The lowest BCUT2D eigenvalue weighted by Crippen LogP contribution is -2.41. The third-order valence-corrected chi connectivity index (χ3v) is 3.57. The molecule has 6 nitrogen and oxygen atoms in total. The number of imidazole rings is 1. The summed E-state index contributed by atoms with van der Waals surface area (Å²) < 4.78 is 26.2. The number of nitrogens with two attached hydrogens (primary N) is 1. The standard InChI is InChI=1S/C9H18N4O2S/c1-7(2)3-8(4-10)13-16(14,15)9-5-11-6-12-9/h5-8,13H,3-4,10H2,1-2H3,(H,11,12). The SMILES string of the molecule is CC(C)CC(CN)NS(=O)(=O)c1cnc[nH]1. The summed E-state index contributed by atoms with van der Waals surface area (Å²) in [6.45, 7) is 4.33. The molecule has 1 rings (SSSR count). The van der Waals surface area contributed by atoms with Crippen LogP contribution in [-0.2, 0) is 10.0 Å². The Labute approximate surface area is 95.7 Å². The molecule has 1 aromatic heterocycles. The Morgan fingerprint density at radius 1 is 1.56 bits per heavy atom. The second-order valence-electron chi connectivity index (χ2n) is 4.10. The molecule has 0 aliphatic rings. The largest absolute Gasteiger partial charge is 0.335 e. The highest BCUT2D eigenvalue weighted by atomic mass is 32.2. The first-order valence-corrected chi connectivity index (χ1v) is 6.64. The van der Waals surface area contributed by atoms with Crippen LogP contribution in [0.15, 0.2) is 17.6 Å². The molecule has 1 atom stereocenters. The van der Waals surface area contributed by atoms with Crippen molar-refractivity contribution < 1.29 is 8.42 Å². The van der Waals surface area contributed by atoms with Gasteiger partial charge in [-0.2, -0.15) is 0 Å². The normalized spacial score (nSPS) is 14.2. The molecule has 0 saturated carbocycles. The van der Waals surface area contributed by atoms with Gasteiger partial charge in [0.2, 0.25) is 0 Å². The number of sulfonamides is 1. The third-order valence-electron chi connectivity index (χ3n) is 2.12. The number of aromatic nitrogens is 2. The summed E-state index contributed by atoms with van der Waals surface area (Å²) in [5, 5.41) is 0.0645. The first-order valence-electron chi connectivity index (χ1n) is 5.16. The van der Waals surface area contributed by atoms with Crippen molar-refractivity contribution in [2.75, 3.05) is 6.54 Å². The predicted octanol–water partition coefficient (Wildman–Crippen LogP) is 0.0614. The van der Waals surface area contributed by atoms with E-state index in [-0.39, 0.29) is 17.6 Å². The zero-order valence-electron chi connectivity index (χ0n) is 9.47. The van der Waals surface area contributed by atoms with Crippen LogP contribution in [0.1, 0.15) is 20.3 Å². The van der Waals surface area contributed by atoms with Crippen molar-refractivity contribution in [1.82, 2.24) is 14.7 Å². The van der Waals surface area contributed by atoms with Crippen LogP contribution >= 0.6 is 0 Å². The van der Waals surface area contributed by atoms with Gasteiger partial charge in [-0.25, -0.2) is 18.1 Å². The molecule has 92 valence electrons. The summed E-state index contributed by atoms with van der Waals surface area (Å²) in [5.74, 6) is 0.387. The number of hydrogen-bond donors (Lipinski definition) is 3. The van der Waals surface area contributed by atoms with Crippen LogP contribution in [0.25, 0.3) is 0 Å². The maximum absolute atomic E-state index is 11.8. The fraction of sp³-hybridized carbons (Fsp3) is 0.667. The highest BCUT2D eigenvalue weighted by Crippen LogP contribution is 2.08. The maximum atomic E-state index is 11.8. The molecule has 0 aromatic carbocycles. The van der Waals surface area contributed by atoms with E-state index in [1.165, 1.54) is 12.5 Å². The number of rotatable bonds is 6. The summed E-state index contributed by atoms with van der Waals surface area (Å²) in [7, 11) is -3.52. The number of hydrogen-bond acceptors (Lipinski definition) is 4. The summed E-state index contributed by atoms with van der Waals surface area (Å²) in [6.07, 6.45) is 3.31. The minimum atomic E-state index is -3.52. The molecule has 0 fully saturated rings. The van der Waals surface area contributed by atoms with E-state index >= 15 is 0 Å². The maximum Gasteiger partial charge on any atom is 0.257 e. The van der Waals surface area contributed by atoms with Crippen molar-refractivity contribution >= 4 is 10.0 Å². The Kier molecular flexibility index (Phi) is 4.45. The van der Waals surface area contributed by atoms with Gasteiger partial charge in [0.1, 0.15) is 0 Å². The molecular weight excluding hydrogens is 228 g/mol. The van der Waals surface area contributed by atoms with Gasteiger partial charge in [0.15, 0.2) is 5.03 Å². The lowest BCUT2D eigenvalue weighted by Gasteiger charge is -2.17. The monoisotopic (exact) mass is 246 g/mol. The third kappa shape index (κ3) is 3.58. The van der Waals surface area contributed by atoms with Crippen LogP contribution in [-0.4, -0.2) is 31.0 Å². The second kappa shape index (κ2) is 5.42. The summed E-state index contributed by atoms with van der Waals surface area (Å²) >= 11 is 0. The molecule has 16 heavy (non-hydrogen) atoms. The van der Waals surface area contributed by atoms with E-state index < -0.39 is 10.0 Å². The van der Waals surface area contributed by atoms with Gasteiger partial charge < -0.3 is 10.7 Å². The Morgan fingerprint density at radius 2 is 2.25 bits per heavy atom. The first-order chi connectivity index (χ1) is 7.45. The quantitative estimate of drug-likeness (QED) is 0.660. The van der Waals surface area contributed by atoms with Gasteiger partial charge in [0, 0.05) is 12.6 Å². The van der Waals surface area contributed by atoms with Crippen molar-refractivity contribution in [3.8, 4) is 0 Å². The lowest BCUT2D eigenvalue weighted by atomic mass is 10.1. The van der Waals surface area contributed by atoms with Crippen molar-refractivity contribution in [3.05, 3.63) is 12.5 Å².